The van der Waals surface area contributed by atoms with Gasteiger partial charge in [0.25, 0.3) is 0 Å². The molecule has 0 radical (unpaired) electrons. The van der Waals surface area contributed by atoms with Gasteiger partial charge in [0, 0.05) is 25.9 Å². The van der Waals surface area contributed by atoms with E-state index in [1.165, 1.54) is 0 Å². The molecule has 1 aromatic heterocycles. The molecule has 0 saturated carbocycles. The average molecular weight is 282 g/mol. The van der Waals surface area contributed by atoms with Crippen molar-refractivity contribution in [3.63, 3.8) is 0 Å². The molecule has 2 heterocycles. The van der Waals surface area contributed by atoms with Gasteiger partial charge in [-0.05, 0) is 13.0 Å². The Morgan fingerprint density at radius 2 is 2.25 bits per heavy atom. The van der Waals surface area contributed by atoms with Crippen molar-refractivity contribution in [3.05, 3.63) is 11.7 Å². The number of aryl methyl sites for hydroxylation is 1. The van der Waals surface area contributed by atoms with Crippen molar-refractivity contribution in [1.29, 1.82) is 0 Å². The second-order valence-corrected chi connectivity index (χ2v) is 4.98. The molecule has 0 bridgehead atoms. The highest BCUT2D eigenvalue weighted by atomic mass is 16.5. The zero-order valence-corrected chi connectivity index (χ0v) is 12.0. The van der Waals surface area contributed by atoms with Gasteiger partial charge in [-0.1, -0.05) is 12.1 Å². The highest BCUT2D eigenvalue weighted by molar-refractivity contribution is 5.79. The zero-order chi connectivity index (χ0) is 14.4. The number of ether oxygens (including phenoxy) is 1. The molecule has 1 amide bonds. The van der Waals surface area contributed by atoms with Crippen LogP contribution in [0.1, 0.15) is 25.1 Å². The normalized spacial score (nSPS) is 22.1. The number of carbonyl (C=O) groups is 1. The summed E-state index contributed by atoms with van der Waals surface area (Å²) in [6, 6.07) is 0.113. The Balaban J connectivity index is 1.73. The van der Waals surface area contributed by atoms with E-state index in [2.05, 4.69) is 27.7 Å². The second kappa shape index (κ2) is 7.35. The minimum atomic E-state index is -0.117. The maximum Gasteiger partial charge on any atom is 0.227 e. The summed E-state index contributed by atoms with van der Waals surface area (Å²) in [4.78, 5) is 16.2. The fraction of sp³-hybridized carbons (Fsp3) is 0.769. The topological polar surface area (TPSA) is 89.3 Å². The maximum atomic E-state index is 12.1. The molecule has 0 spiro atoms. The van der Waals surface area contributed by atoms with Crippen molar-refractivity contribution in [2.45, 2.75) is 32.7 Å². The zero-order valence-electron chi connectivity index (χ0n) is 12.0. The Hall–Kier alpha value is -1.47. The van der Waals surface area contributed by atoms with Crippen LogP contribution >= 0.6 is 0 Å². The third kappa shape index (κ3) is 4.01. The first-order chi connectivity index (χ1) is 9.70. The monoisotopic (exact) mass is 282 g/mol. The highest BCUT2D eigenvalue weighted by Crippen LogP contribution is 2.13. The molecular weight excluding hydrogens is 260 g/mol. The van der Waals surface area contributed by atoms with E-state index in [1.807, 2.05) is 0 Å². The van der Waals surface area contributed by atoms with Crippen molar-refractivity contribution in [2.75, 3.05) is 26.3 Å². The molecule has 1 fully saturated rings. The van der Waals surface area contributed by atoms with Crippen LogP contribution in [0.3, 0.4) is 0 Å². The lowest BCUT2D eigenvalue weighted by molar-refractivity contribution is -0.125. The average Bonchev–Trinajstić information content (AvgIpc) is 3.05. The largest absolute Gasteiger partial charge is 0.379 e. The third-order valence-corrected chi connectivity index (χ3v) is 3.29. The van der Waals surface area contributed by atoms with Gasteiger partial charge in [0.2, 0.25) is 11.8 Å². The molecule has 1 saturated heterocycles. The highest BCUT2D eigenvalue weighted by Gasteiger charge is 2.33. The van der Waals surface area contributed by atoms with Crippen LogP contribution in [0.15, 0.2) is 4.52 Å². The predicted molar refractivity (Wildman–Crippen MR) is 72.1 cm³/mol. The van der Waals surface area contributed by atoms with Crippen LogP contribution in [0, 0.1) is 12.8 Å². The van der Waals surface area contributed by atoms with Crippen molar-refractivity contribution in [2.24, 2.45) is 5.92 Å². The molecule has 7 nitrogen and oxygen atoms in total. The first-order valence-electron chi connectivity index (χ1n) is 7.08. The number of nitrogens with one attached hydrogen (secondary N) is 2. The SMILES string of the molecule is CCCNC1COCC1C(=O)NCCc1noc(C)n1. The summed E-state index contributed by atoms with van der Waals surface area (Å²) >= 11 is 0. The van der Waals surface area contributed by atoms with Crippen LogP contribution in [-0.2, 0) is 16.0 Å². The van der Waals surface area contributed by atoms with E-state index in [0.29, 0.717) is 37.9 Å². The summed E-state index contributed by atoms with van der Waals surface area (Å²) in [6.07, 6.45) is 1.62. The van der Waals surface area contributed by atoms with Gasteiger partial charge in [-0.15, -0.1) is 0 Å². The molecule has 0 aliphatic carbocycles. The molecule has 7 heteroatoms. The molecule has 1 aliphatic rings. The fourth-order valence-electron chi connectivity index (χ4n) is 2.22. The summed E-state index contributed by atoms with van der Waals surface area (Å²) in [7, 11) is 0. The van der Waals surface area contributed by atoms with E-state index in [4.69, 9.17) is 9.26 Å². The predicted octanol–water partition coefficient (Wildman–Crippen LogP) is 0.0513. The van der Waals surface area contributed by atoms with E-state index in [0.717, 1.165) is 13.0 Å². The van der Waals surface area contributed by atoms with Gasteiger partial charge in [-0.2, -0.15) is 4.98 Å². The molecule has 2 rings (SSSR count). The second-order valence-electron chi connectivity index (χ2n) is 4.98. The van der Waals surface area contributed by atoms with E-state index in [-0.39, 0.29) is 17.9 Å². The molecule has 0 aromatic carbocycles. The molecule has 2 atom stereocenters. The van der Waals surface area contributed by atoms with Gasteiger partial charge in [0.1, 0.15) is 0 Å². The Morgan fingerprint density at radius 3 is 2.95 bits per heavy atom. The molecule has 2 N–H and O–H groups in total. The van der Waals surface area contributed by atoms with Crippen molar-refractivity contribution >= 4 is 5.91 Å². The van der Waals surface area contributed by atoms with Crippen LogP contribution in [0.4, 0.5) is 0 Å². The molecule has 2 unspecified atom stereocenters. The summed E-state index contributed by atoms with van der Waals surface area (Å²) in [5.41, 5.74) is 0. The number of hydrogen-bond acceptors (Lipinski definition) is 6. The van der Waals surface area contributed by atoms with Gasteiger partial charge in [-0.3, -0.25) is 4.79 Å². The van der Waals surface area contributed by atoms with Gasteiger partial charge in [0.15, 0.2) is 5.82 Å². The Bertz CT molecular complexity index is 435. The fourth-order valence-corrected chi connectivity index (χ4v) is 2.22. The number of amides is 1. The van der Waals surface area contributed by atoms with Crippen LogP contribution < -0.4 is 10.6 Å². The van der Waals surface area contributed by atoms with Gasteiger partial charge in [-0.25, -0.2) is 0 Å². The van der Waals surface area contributed by atoms with Crippen LogP contribution in [0.2, 0.25) is 0 Å². The first-order valence-corrected chi connectivity index (χ1v) is 7.08. The number of hydrogen-bond donors (Lipinski definition) is 2. The Labute approximate surface area is 118 Å². The number of carbonyl (C=O) groups excluding carboxylic acids is 1. The molecule has 1 aliphatic heterocycles. The summed E-state index contributed by atoms with van der Waals surface area (Å²) in [5.74, 6) is 1.07. The molecular formula is C13H22N4O3. The van der Waals surface area contributed by atoms with Gasteiger partial charge < -0.3 is 19.9 Å². The summed E-state index contributed by atoms with van der Waals surface area (Å²) < 4.78 is 10.3. The standard InChI is InChI=1S/C13H22N4O3/c1-3-5-14-11-8-19-7-10(11)13(18)15-6-4-12-16-9(2)20-17-12/h10-11,14H,3-8H2,1-2H3,(H,15,18). The minimum Gasteiger partial charge on any atom is -0.379 e. The van der Waals surface area contributed by atoms with Crippen molar-refractivity contribution < 1.29 is 14.1 Å². The number of aromatic nitrogens is 2. The van der Waals surface area contributed by atoms with Crippen molar-refractivity contribution in [1.82, 2.24) is 20.8 Å². The van der Waals surface area contributed by atoms with Crippen molar-refractivity contribution in [3.8, 4) is 0 Å². The van der Waals surface area contributed by atoms with E-state index >= 15 is 0 Å². The summed E-state index contributed by atoms with van der Waals surface area (Å²) in [5, 5.41) is 10.0. The number of rotatable bonds is 7. The Kier molecular flexibility index (Phi) is 5.49. The third-order valence-electron chi connectivity index (χ3n) is 3.29. The van der Waals surface area contributed by atoms with Crippen LogP contribution in [0.25, 0.3) is 0 Å². The molecule has 20 heavy (non-hydrogen) atoms. The molecule has 1 aromatic rings. The van der Waals surface area contributed by atoms with E-state index < -0.39 is 0 Å². The number of nitrogens with zero attached hydrogens (tertiary/aromatic N) is 2. The van der Waals surface area contributed by atoms with E-state index in [1.54, 1.807) is 6.92 Å². The van der Waals surface area contributed by atoms with Gasteiger partial charge in [0.05, 0.1) is 19.1 Å². The lowest BCUT2D eigenvalue weighted by Crippen LogP contribution is -2.44. The molecule has 112 valence electrons. The lowest BCUT2D eigenvalue weighted by atomic mass is 10.0. The first kappa shape index (κ1) is 14.9. The maximum absolute atomic E-state index is 12.1. The lowest BCUT2D eigenvalue weighted by Gasteiger charge is -2.18. The minimum absolute atomic E-state index is 0.0244. The Morgan fingerprint density at radius 1 is 1.40 bits per heavy atom. The van der Waals surface area contributed by atoms with Crippen LogP contribution in [0.5, 0.6) is 0 Å². The van der Waals surface area contributed by atoms with E-state index in [9.17, 15) is 4.79 Å². The summed E-state index contributed by atoms with van der Waals surface area (Å²) in [6.45, 7) is 6.34. The van der Waals surface area contributed by atoms with Crippen LogP contribution in [-0.4, -0.2) is 48.4 Å². The smallest absolute Gasteiger partial charge is 0.227 e. The van der Waals surface area contributed by atoms with Gasteiger partial charge >= 0.3 is 0 Å². The quantitative estimate of drug-likeness (QED) is 0.734.